The van der Waals surface area contributed by atoms with Gasteiger partial charge in [-0.25, -0.2) is 4.98 Å². The number of thioether (sulfide) groups is 1. The van der Waals surface area contributed by atoms with Gasteiger partial charge in [-0.15, -0.1) is 0 Å². The number of ether oxygens (including phenoxy) is 2. The fourth-order valence-corrected chi connectivity index (χ4v) is 4.36. The molecule has 0 radical (unpaired) electrons. The zero-order valence-electron chi connectivity index (χ0n) is 13.4. The van der Waals surface area contributed by atoms with E-state index >= 15 is 0 Å². The summed E-state index contributed by atoms with van der Waals surface area (Å²) in [5.41, 5.74) is 0.404. The number of hydrogen-bond donors (Lipinski definition) is 0. The van der Waals surface area contributed by atoms with Gasteiger partial charge in [0.05, 0.1) is 30.2 Å². The molecule has 6 nitrogen and oxygen atoms in total. The molecule has 1 aromatic heterocycles. The van der Waals surface area contributed by atoms with Crippen LogP contribution in [0.5, 0.6) is 0 Å². The molecule has 0 bridgehead atoms. The molecule has 8 heteroatoms. The van der Waals surface area contributed by atoms with Gasteiger partial charge in [-0.1, -0.05) is 23.4 Å². The van der Waals surface area contributed by atoms with Crippen LogP contribution in [-0.2, 0) is 20.8 Å². The van der Waals surface area contributed by atoms with Gasteiger partial charge in [-0.2, -0.15) is 0 Å². The van der Waals surface area contributed by atoms with Gasteiger partial charge in [0.25, 0.3) is 5.56 Å². The molecule has 0 saturated carbocycles. The predicted octanol–water partition coefficient (Wildman–Crippen LogP) is 2.64. The van der Waals surface area contributed by atoms with Crippen molar-refractivity contribution in [1.29, 1.82) is 0 Å². The number of hydrogen-bond acceptors (Lipinski definition) is 6. The van der Waals surface area contributed by atoms with E-state index in [1.54, 1.807) is 22.8 Å². The van der Waals surface area contributed by atoms with Crippen LogP contribution in [0.4, 0.5) is 0 Å². The summed E-state index contributed by atoms with van der Waals surface area (Å²) >= 11 is 7.33. The van der Waals surface area contributed by atoms with Crippen LogP contribution >= 0.6 is 23.4 Å². The molecule has 2 fully saturated rings. The molecule has 2 aliphatic rings. The van der Waals surface area contributed by atoms with E-state index in [1.165, 1.54) is 11.8 Å². The SMILES string of the molecule is O=C1OCC[C@H]1Sc1nc2cc(Cl)ccc2c(=O)n1C[C@@H]1CCCO1. The second-order valence-electron chi connectivity index (χ2n) is 6.17. The van der Waals surface area contributed by atoms with Crippen LogP contribution in [0.2, 0.25) is 5.02 Å². The molecular weight excluding hydrogens is 364 g/mol. The molecule has 2 atom stereocenters. The van der Waals surface area contributed by atoms with Gasteiger partial charge in [0.1, 0.15) is 5.25 Å². The van der Waals surface area contributed by atoms with E-state index in [0.29, 0.717) is 47.3 Å². The summed E-state index contributed by atoms with van der Waals surface area (Å²) in [7, 11) is 0. The molecule has 0 spiro atoms. The van der Waals surface area contributed by atoms with Gasteiger partial charge < -0.3 is 9.47 Å². The first-order valence-corrected chi connectivity index (χ1v) is 9.52. The van der Waals surface area contributed by atoms with Gasteiger partial charge in [0.15, 0.2) is 5.16 Å². The number of aromatic nitrogens is 2. The van der Waals surface area contributed by atoms with Gasteiger partial charge >= 0.3 is 5.97 Å². The first kappa shape index (κ1) is 16.9. The predicted molar refractivity (Wildman–Crippen MR) is 95.2 cm³/mol. The molecule has 0 unspecified atom stereocenters. The smallest absolute Gasteiger partial charge is 0.319 e. The van der Waals surface area contributed by atoms with Crippen LogP contribution < -0.4 is 5.56 Å². The molecule has 132 valence electrons. The summed E-state index contributed by atoms with van der Waals surface area (Å²) < 4.78 is 12.3. The molecule has 3 heterocycles. The minimum atomic E-state index is -0.334. The number of cyclic esters (lactones) is 1. The fourth-order valence-electron chi connectivity index (χ4n) is 3.13. The summed E-state index contributed by atoms with van der Waals surface area (Å²) in [6, 6.07) is 5.05. The van der Waals surface area contributed by atoms with Crippen molar-refractivity contribution < 1.29 is 14.3 Å². The zero-order valence-corrected chi connectivity index (χ0v) is 15.0. The Morgan fingerprint density at radius 1 is 1.28 bits per heavy atom. The summed E-state index contributed by atoms with van der Waals surface area (Å²) in [5.74, 6) is -0.255. The number of carbonyl (C=O) groups is 1. The lowest BCUT2D eigenvalue weighted by atomic mass is 10.2. The standard InChI is InChI=1S/C17H17ClN2O4S/c18-10-3-4-12-13(8-10)19-17(25-14-5-7-24-16(14)22)20(15(12)21)9-11-2-1-6-23-11/h3-4,8,11,14H,1-2,5-7,9H2/t11-,14+/m0/s1. The number of nitrogens with zero attached hydrogens (tertiary/aromatic N) is 2. The number of esters is 1. The number of fused-ring (bicyclic) bond motifs is 1. The highest BCUT2D eigenvalue weighted by molar-refractivity contribution is 8.00. The lowest BCUT2D eigenvalue weighted by molar-refractivity contribution is -0.137. The topological polar surface area (TPSA) is 70.4 Å². The number of halogens is 1. The van der Waals surface area contributed by atoms with E-state index in [4.69, 9.17) is 21.1 Å². The van der Waals surface area contributed by atoms with Crippen LogP contribution in [-0.4, -0.2) is 40.1 Å². The van der Waals surface area contributed by atoms with Crippen molar-refractivity contribution in [3.05, 3.63) is 33.6 Å². The third-order valence-corrected chi connectivity index (χ3v) is 5.90. The molecule has 4 rings (SSSR count). The van der Waals surface area contributed by atoms with Crippen LogP contribution in [0.1, 0.15) is 19.3 Å². The first-order chi connectivity index (χ1) is 12.1. The average Bonchev–Trinajstić information content (AvgIpc) is 3.23. The van der Waals surface area contributed by atoms with Crippen molar-refractivity contribution in [2.24, 2.45) is 0 Å². The summed E-state index contributed by atoms with van der Waals surface area (Å²) in [6.45, 7) is 1.56. The molecule has 1 aromatic carbocycles. The lowest BCUT2D eigenvalue weighted by Gasteiger charge is -2.17. The monoisotopic (exact) mass is 380 g/mol. The molecular formula is C17H17ClN2O4S. The second kappa shape index (κ2) is 6.97. The van der Waals surface area contributed by atoms with Gasteiger partial charge in [-0.05, 0) is 31.0 Å². The van der Waals surface area contributed by atoms with Crippen molar-refractivity contribution in [3.63, 3.8) is 0 Å². The number of carbonyl (C=O) groups excluding carboxylic acids is 1. The van der Waals surface area contributed by atoms with Crippen LogP contribution in [0.25, 0.3) is 10.9 Å². The third-order valence-electron chi connectivity index (χ3n) is 4.43. The first-order valence-electron chi connectivity index (χ1n) is 8.27. The molecule has 0 amide bonds. The van der Waals surface area contributed by atoms with Crippen molar-refractivity contribution in [3.8, 4) is 0 Å². The van der Waals surface area contributed by atoms with Crippen molar-refractivity contribution >= 4 is 40.2 Å². The van der Waals surface area contributed by atoms with Gasteiger partial charge in [0.2, 0.25) is 0 Å². The van der Waals surface area contributed by atoms with Crippen LogP contribution in [0, 0.1) is 0 Å². The van der Waals surface area contributed by atoms with E-state index < -0.39 is 0 Å². The Balaban J connectivity index is 1.78. The van der Waals surface area contributed by atoms with E-state index in [-0.39, 0.29) is 22.9 Å². The van der Waals surface area contributed by atoms with E-state index in [1.807, 2.05) is 0 Å². The van der Waals surface area contributed by atoms with Crippen LogP contribution in [0.15, 0.2) is 28.2 Å². The van der Waals surface area contributed by atoms with Crippen molar-refractivity contribution in [2.75, 3.05) is 13.2 Å². The van der Waals surface area contributed by atoms with E-state index in [9.17, 15) is 9.59 Å². The Kier molecular flexibility index (Phi) is 4.71. The summed E-state index contributed by atoms with van der Waals surface area (Å²) in [4.78, 5) is 29.4. The normalized spacial score (nSPS) is 23.3. The largest absolute Gasteiger partial charge is 0.465 e. The maximum absolute atomic E-state index is 13.0. The Hall–Kier alpha value is -1.57. The Labute approximate surface area is 153 Å². The average molecular weight is 381 g/mol. The van der Waals surface area contributed by atoms with E-state index in [2.05, 4.69) is 4.98 Å². The molecule has 2 saturated heterocycles. The number of rotatable bonds is 4. The van der Waals surface area contributed by atoms with Crippen LogP contribution in [0.3, 0.4) is 0 Å². The molecule has 2 aliphatic heterocycles. The lowest BCUT2D eigenvalue weighted by Crippen LogP contribution is -2.29. The minimum absolute atomic E-state index is 0.000806. The highest BCUT2D eigenvalue weighted by atomic mass is 35.5. The maximum atomic E-state index is 13.0. The minimum Gasteiger partial charge on any atom is -0.465 e. The fraction of sp³-hybridized carbons (Fsp3) is 0.471. The summed E-state index contributed by atoms with van der Waals surface area (Å²) in [6.07, 6.45) is 2.53. The quantitative estimate of drug-likeness (QED) is 0.600. The Morgan fingerprint density at radius 3 is 2.88 bits per heavy atom. The van der Waals surface area contributed by atoms with Crippen molar-refractivity contribution in [2.45, 2.75) is 42.3 Å². The third kappa shape index (κ3) is 3.41. The molecule has 0 aliphatic carbocycles. The Morgan fingerprint density at radius 2 is 2.16 bits per heavy atom. The highest BCUT2D eigenvalue weighted by Crippen LogP contribution is 2.30. The zero-order chi connectivity index (χ0) is 17.4. The molecule has 25 heavy (non-hydrogen) atoms. The van der Waals surface area contributed by atoms with Crippen molar-refractivity contribution in [1.82, 2.24) is 9.55 Å². The van der Waals surface area contributed by atoms with Gasteiger partial charge in [-0.3, -0.25) is 14.2 Å². The Bertz CT molecular complexity index is 879. The van der Waals surface area contributed by atoms with E-state index in [0.717, 1.165) is 12.8 Å². The molecule has 2 aromatic rings. The second-order valence-corrected chi connectivity index (χ2v) is 7.78. The molecule has 0 N–H and O–H groups in total. The number of benzene rings is 1. The maximum Gasteiger partial charge on any atom is 0.319 e. The van der Waals surface area contributed by atoms with Gasteiger partial charge in [0, 0.05) is 18.1 Å². The summed E-state index contributed by atoms with van der Waals surface area (Å²) in [5, 5.41) is 1.21. The highest BCUT2D eigenvalue weighted by Gasteiger charge is 2.30.